The van der Waals surface area contributed by atoms with Gasteiger partial charge in [0, 0.05) is 0 Å². The molecule has 0 radical (unpaired) electrons. The van der Waals surface area contributed by atoms with Gasteiger partial charge < -0.3 is 10.5 Å². The minimum Gasteiger partial charge on any atom is -0.375 e. The van der Waals surface area contributed by atoms with Crippen molar-refractivity contribution < 1.29 is 4.74 Å². The molecule has 1 fully saturated rings. The van der Waals surface area contributed by atoms with Gasteiger partial charge in [0.05, 0.1) is 18.8 Å². The topological polar surface area (TPSA) is 35.2 Å². The molecule has 1 heterocycles. The van der Waals surface area contributed by atoms with Crippen LogP contribution in [0.1, 0.15) is 6.92 Å². The Morgan fingerprint density at radius 3 is 2.33 bits per heavy atom. The molecule has 2 nitrogen and oxygen atoms in total. The Kier molecular flexibility index (Phi) is 0.821. The predicted octanol–water partition coefficient (Wildman–Crippen LogP) is -0.268. The van der Waals surface area contributed by atoms with E-state index in [0.29, 0.717) is 12.1 Å². The van der Waals surface area contributed by atoms with Crippen LogP contribution in [-0.2, 0) is 4.74 Å². The molecule has 1 rings (SSSR count). The molecule has 2 N–H and O–H groups in total. The highest BCUT2D eigenvalue weighted by molar-refractivity contribution is 4.76. The fourth-order valence-electron chi connectivity index (χ4n) is 0.400. The van der Waals surface area contributed by atoms with Gasteiger partial charge in [-0.1, -0.05) is 0 Å². The summed E-state index contributed by atoms with van der Waals surface area (Å²) in [5, 5.41) is 0. The SMILES string of the molecule is CC1OCC1N. The maximum atomic E-state index is 5.40. The third-order valence-corrected chi connectivity index (χ3v) is 1.15. The smallest absolute Gasteiger partial charge is 0.0721 e. The van der Waals surface area contributed by atoms with E-state index in [1.807, 2.05) is 6.92 Å². The Labute approximate surface area is 37.3 Å². The summed E-state index contributed by atoms with van der Waals surface area (Å²) >= 11 is 0. The predicted molar refractivity (Wildman–Crippen MR) is 23.4 cm³/mol. The summed E-state index contributed by atoms with van der Waals surface area (Å²) in [4.78, 5) is 0. The van der Waals surface area contributed by atoms with Crippen molar-refractivity contribution in [1.82, 2.24) is 0 Å². The summed E-state index contributed by atoms with van der Waals surface area (Å²) in [7, 11) is 0. The summed E-state index contributed by atoms with van der Waals surface area (Å²) in [6.07, 6.45) is 0.310. The monoisotopic (exact) mass is 87.1 g/mol. The van der Waals surface area contributed by atoms with Crippen LogP contribution in [0.15, 0.2) is 0 Å². The number of hydrogen-bond donors (Lipinski definition) is 1. The van der Waals surface area contributed by atoms with Gasteiger partial charge in [-0.2, -0.15) is 0 Å². The van der Waals surface area contributed by atoms with E-state index in [9.17, 15) is 0 Å². The number of rotatable bonds is 0. The lowest BCUT2D eigenvalue weighted by molar-refractivity contribution is -0.0601. The number of hydrogen-bond acceptors (Lipinski definition) is 2. The zero-order valence-corrected chi connectivity index (χ0v) is 3.85. The van der Waals surface area contributed by atoms with E-state index in [1.165, 1.54) is 0 Å². The standard InChI is InChI=1S/C4H9NO/c1-3-4(5)2-6-3/h3-4H,2,5H2,1H3. The Balaban J connectivity index is 2.20. The molecule has 6 heavy (non-hydrogen) atoms. The van der Waals surface area contributed by atoms with Gasteiger partial charge in [0.2, 0.25) is 0 Å². The molecule has 0 amide bonds. The quantitative estimate of drug-likeness (QED) is 0.441. The van der Waals surface area contributed by atoms with Gasteiger partial charge in [-0.05, 0) is 6.92 Å². The van der Waals surface area contributed by atoms with Crippen LogP contribution < -0.4 is 5.73 Å². The lowest BCUT2D eigenvalue weighted by atomic mass is 10.1. The first-order chi connectivity index (χ1) is 2.80. The normalized spacial score (nSPS) is 45.0. The number of ether oxygens (including phenoxy) is 1. The van der Waals surface area contributed by atoms with Gasteiger partial charge in [-0.3, -0.25) is 0 Å². The van der Waals surface area contributed by atoms with Crippen molar-refractivity contribution in [3.8, 4) is 0 Å². The summed E-state index contributed by atoms with van der Waals surface area (Å²) in [5.74, 6) is 0. The second kappa shape index (κ2) is 1.21. The van der Waals surface area contributed by atoms with Crippen molar-refractivity contribution >= 4 is 0 Å². The Hall–Kier alpha value is -0.0800. The van der Waals surface area contributed by atoms with Gasteiger partial charge in [0.25, 0.3) is 0 Å². The van der Waals surface area contributed by atoms with Gasteiger partial charge in [-0.15, -0.1) is 0 Å². The maximum absolute atomic E-state index is 5.40. The third kappa shape index (κ3) is 0.420. The van der Waals surface area contributed by atoms with E-state index in [0.717, 1.165) is 6.61 Å². The van der Waals surface area contributed by atoms with Crippen molar-refractivity contribution in [2.75, 3.05) is 6.61 Å². The zero-order valence-electron chi connectivity index (χ0n) is 3.85. The van der Waals surface area contributed by atoms with Crippen molar-refractivity contribution in [2.24, 2.45) is 5.73 Å². The molecule has 2 heteroatoms. The Morgan fingerprint density at radius 2 is 2.33 bits per heavy atom. The molecule has 0 aromatic rings. The molecule has 0 bridgehead atoms. The van der Waals surface area contributed by atoms with E-state index >= 15 is 0 Å². The van der Waals surface area contributed by atoms with Gasteiger partial charge >= 0.3 is 0 Å². The second-order valence-corrected chi connectivity index (χ2v) is 1.70. The largest absolute Gasteiger partial charge is 0.375 e. The molecule has 0 aliphatic carbocycles. The van der Waals surface area contributed by atoms with Gasteiger partial charge in [-0.25, -0.2) is 0 Å². The Morgan fingerprint density at radius 1 is 1.83 bits per heavy atom. The molecule has 2 unspecified atom stereocenters. The van der Waals surface area contributed by atoms with Crippen LogP contribution >= 0.6 is 0 Å². The lowest BCUT2D eigenvalue weighted by Crippen LogP contribution is -2.49. The van der Waals surface area contributed by atoms with Crippen LogP contribution in [0.3, 0.4) is 0 Å². The fraction of sp³-hybridized carbons (Fsp3) is 1.00. The molecule has 0 aromatic heterocycles. The third-order valence-electron chi connectivity index (χ3n) is 1.15. The van der Waals surface area contributed by atoms with Crippen LogP contribution in [0.4, 0.5) is 0 Å². The maximum Gasteiger partial charge on any atom is 0.0721 e. The van der Waals surface area contributed by atoms with Crippen molar-refractivity contribution in [1.29, 1.82) is 0 Å². The van der Waals surface area contributed by atoms with E-state index in [-0.39, 0.29) is 0 Å². The molecular weight excluding hydrogens is 78.0 g/mol. The van der Waals surface area contributed by atoms with E-state index in [2.05, 4.69) is 0 Å². The first-order valence-electron chi connectivity index (χ1n) is 2.18. The molecular formula is C4H9NO. The minimum absolute atomic E-state index is 0.310. The van der Waals surface area contributed by atoms with E-state index in [4.69, 9.17) is 10.5 Å². The van der Waals surface area contributed by atoms with Crippen LogP contribution in [0, 0.1) is 0 Å². The highest BCUT2D eigenvalue weighted by Crippen LogP contribution is 2.06. The van der Waals surface area contributed by atoms with Crippen molar-refractivity contribution in [3.05, 3.63) is 0 Å². The average molecular weight is 87.1 g/mol. The van der Waals surface area contributed by atoms with Crippen molar-refractivity contribution in [2.45, 2.75) is 19.1 Å². The van der Waals surface area contributed by atoms with Crippen LogP contribution in [0.2, 0.25) is 0 Å². The first kappa shape index (κ1) is 4.09. The van der Waals surface area contributed by atoms with Crippen LogP contribution in [0.5, 0.6) is 0 Å². The average Bonchev–Trinajstić information content (AvgIpc) is 1.61. The summed E-state index contributed by atoms with van der Waals surface area (Å²) < 4.78 is 4.92. The van der Waals surface area contributed by atoms with Gasteiger partial charge in [0.1, 0.15) is 0 Å². The molecule has 36 valence electrons. The Bertz CT molecular complexity index is 47.5. The summed E-state index contributed by atoms with van der Waals surface area (Å²) in [6, 6.07) is 0.310. The molecule has 0 aromatic carbocycles. The minimum atomic E-state index is 0.310. The lowest BCUT2D eigenvalue weighted by Gasteiger charge is -2.30. The molecule has 0 spiro atoms. The fourth-order valence-corrected chi connectivity index (χ4v) is 0.400. The molecule has 0 saturated carbocycles. The van der Waals surface area contributed by atoms with Crippen LogP contribution in [0.25, 0.3) is 0 Å². The van der Waals surface area contributed by atoms with Crippen LogP contribution in [-0.4, -0.2) is 18.8 Å². The number of nitrogens with two attached hydrogens (primary N) is 1. The zero-order chi connectivity index (χ0) is 4.57. The van der Waals surface area contributed by atoms with E-state index < -0.39 is 0 Å². The van der Waals surface area contributed by atoms with Crippen molar-refractivity contribution in [3.63, 3.8) is 0 Å². The molecule has 1 aliphatic rings. The molecule has 2 atom stereocenters. The molecule has 1 saturated heterocycles. The molecule has 1 aliphatic heterocycles. The highest BCUT2D eigenvalue weighted by atomic mass is 16.5. The second-order valence-electron chi connectivity index (χ2n) is 1.70. The highest BCUT2D eigenvalue weighted by Gasteiger charge is 2.22. The first-order valence-corrected chi connectivity index (χ1v) is 2.18. The summed E-state index contributed by atoms with van der Waals surface area (Å²) in [6.45, 7) is 2.73. The summed E-state index contributed by atoms with van der Waals surface area (Å²) in [5.41, 5.74) is 5.40. The van der Waals surface area contributed by atoms with E-state index in [1.54, 1.807) is 0 Å². The van der Waals surface area contributed by atoms with Gasteiger partial charge in [0.15, 0.2) is 0 Å².